The topological polar surface area (TPSA) is 66.2 Å². The molecule has 6 rings (SSSR count). The van der Waals surface area contributed by atoms with Crippen molar-refractivity contribution in [2.45, 2.75) is 0 Å². The molecule has 186 valence electrons. The fourth-order valence-electron chi connectivity index (χ4n) is 4.83. The van der Waals surface area contributed by atoms with E-state index >= 15 is 0 Å². The third-order valence-corrected chi connectivity index (χ3v) is 6.83. The summed E-state index contributed by atoms with van der Waals surface area (Å²) in [6.45, 7) is 0. The van der Waals surface area contributed by atoms with Crippen LogP contribution in [0, 0.1) is 0 Å². The van der Waals surface area contributed by atoms with Crippen LogP contribution in [-0.2, 0) is 0 Å². The quantitative estimate of drug-likeness (QED) is 0.255. The average Bonchev–Trinajstić information content (AvgIpc) is 3.02. The van der Waals surface area contributed by atoms with Crippen molar-refractivity contribution in [2.75, 3.05) is 0 Å². The first-order valence-corrected chi connectivity index (χ1v) is 12.8. The van der Waals surface area contributed by atoms with Gasteiger partial charge in [0.2, 0.25) is 0 Å². The number of benzene rings is 4. The van der Waals surface area contributed by atoms with Crippen LogP contribution in [0.3, 0.4) is 0 Å². The molecule has 2 N–H and O–H groups in total. The number of hydrogen-bond acceptors (Lipinski definition) is 4. The summed E-state index contributed by atoms with van der Waals surface area (Å²) in [5, 5.41) is 19.6. The standard InChI is InChI=1S/C34H25BN2O2/c38-35(39)34-13-3-10-28(21-34)33-19-31(26-8-1-6-24(16-26)29-11-4-14-36-22-29)18-32(20-33)27-9-2-7-25(17-27)30-12-5-15-37-23-30/h1-23,38-39H. The minimum atomic E-state index is -1.53. The van der Waals surface area contributed by atoms with Crippen molar-refractivity contribution in [3.63, 3.8) is 0 Å². The smallest absolute Gasteiger partial charge is 0.423 e. The normalized spacial score (nSPS) is 10.8. The van der Waals surface area contributed by atoms with Gasteiger partial charge in [0.25, 0.3) is 0 Å². The number of pyridine rings is 2. The Bertz CT molecular complexity index is 1640. The van der Waals surface area contributed by atoms with Crippen molar-refractivity contribution in [2.24, 2.45) is 0 Å². The molecule has 0 aliphatic heterocycles. The van der Waals surface area contributed by atoms with Crippen molar-refractivity contribution < 1.29 is 10.0 Å². The lowest BCUT2D eigenvalue weighted by atomic mass is 9.79. The molecule has 0 saturated carbocycles. The third-order valence-electron chi connectivity index (χ3n) is 6.83. The van der Waals surface area contributed by atoms with E-state index < -0.39 is 7.12 Å². The third kappa shape index (κ3) is 5.41. The second-order valence-corrected chi connectivity index (χ2v) is 9.44. The minimum absolute atomic E-state index is 0.455. The monoisotopic (exact) mass is 504 g/mol. The molecule has 0 bridgehead atoms. The van der Waals surface area contributed by atoms with Gasteiger partial charge >= 0.3 is 7.12 Å². The molecule has 4 nitrogen and oxygen atoms in total. The van der Waals surface area contributed by atoms with Crippen LogP contribution in [0.25, 0.3) is 55.6 Å². The van der Waals surface area contributed by atoms with Crippen molar-refractivity contribution in [3.05, 3.63) is 140 Å². The Kier molecular flexibility index (Phi) is 6.83. The Hall–Kier alpha value is -4.84. The lowest BCUT2D eigenvalue weighted by molar-refractivity contribution is 0.426. The molecule has 4 aromatic carbocycles. The van der Waals surface area contributed by atoms with Crippen LogP contribution in [0.5, 0.6) is 0 Å². The lowest BCUT2D eigenvalue weighted by Gasteiger charge is -2.14. The van der Waals surface area contributed by atoms with Crippen molar-refractivity contribution in [1.82, 2.24) is 9.97 Å². The van der Waals surface area contributed by atoms with Gasteiger partial charge in [0, 0.05) is 35.9 Å². The van der Waals surface area contributed by atoms with Gasteiger partial charge in [-0.25, -0.2) is 0 Å². The zero-order chi connectivity index (χ0) is 26.6. The minimum Gasteiger partial charge on any atom is -0.423 e. The van der Waals surface area contributed by atoms with E-state index in [1.165, 1.54) is 0 Å². The van der Waals surface area contributed by atoms with E-state index in [1.54, 1.807) is 18.5 Å². The molecule has 39 heavy (non-hydrogen) atoms. The summed E-state index contributed by atoms with van der Waals surface area (Å²) >= 11 is 0. The highest BCUT2D eigenvalue weighted by molar-refractivity contribution is 6.58. The number of hydrogen-bond donors (Lipinski definition) is 2. The van der Waals surface area contributed by atoms with Crippen LogP contribution < -0.4 is 5.46 Å². The van der Waals surface area contributed by atoms with E-state index in [0.717, 1.165) is 55.6 Å². The van der Waals surface area contributed by atoms with Gasteiger partial charge in [-0.1, -0.05) is 72.8 Å². The Balaban J connectivity index is 1.51. The highest BCUT2D eigenvalue weighted by Crippen LogP contribution is 2.35. The first-order valence-electron chi connectivity index (χ1n) is 12.8. The Morgan fingerprint density at radius 2 is 0.744 bits per heavy atom. The predicted molar refractivity (Wildman–Crippen MR) is 159 cm³/mol. The maximum atomic E-state index is 9.78. The number of nitrogens with zero attached hydrogens (tertiary/aromatic N) is 2. The Labute approximate surface area is 228 Å². The van der Waals surface area contributed by atoms with E-state index in [9.17, 15) is 10.0 Å². The fourth-order valence-corrected chi connectivity index (χ4v) is 4.83. The molecule has 0 amide bonds. The van der Waals surface area contributed by atoms with E-state index in [0.29, 0.717) is 5.46 Å². The molecule has 2 heterocycles. The molecule has 2 aromatic heterocycles. The summed E-state index contributed by atoms with van der Waals surface area (Å²) in [6, 6.07) is 38.8. The van der Waals surface area contributed by atoms with Crippen molar-refractivity contribution in [1.29, 1.82) is 0 Å². The molecule has 0 aliphatic carbocycles. The molecule has 6 aromatic rings. The van der Waals surface area contributed by atoms with E-state index in [2.05, 4.69) is 88.8 Å². The number of aromatic nitrogens is 2. The highest BCUT2D eigenvalue weighted by atomic mass is 16.4. The first-order chi connectivity index (χ1) is 19.1. The van der Waals surface area contributed by atoms with E-state index in [-0.39, 0.29) is 0 Å². The van der Waals surface area contributed by atoms with Crippen LogP contribution in [-0.4, -0.2) is 27.1 Å². The molecule has 0 aliphatic rings. The van der Waals surface area contributed by atoms with Crippen LogP contribution in [0.1, 0.15) is 0 Å². The Morgan fingerprint density at radius 3 is 1.15 bits per heavy atom. The molecule has 5 heteroatoms. The van der Waals surface area contributed by atoms with E-state index in [1.807, 2.05) is 42.7 Å². The van der Waals surface area contributed by atoms with Crippen LogP contribution in [0.15, 0.2) is 140 Å². The second-order valence-electron chi connectivity index (χ2n) is 9.44. The van der Waals surface area contributed by atoms with Gasteiger partial charge in [-0.15, -0.1) is 0 Å². The molecule has 0 spiro atoms. The van der Waals surface area contributed by atoms with Gasteiger partial charge in [-0.05, 0) is 92.4 Å². The molecule has 0 saturated heterocycles. The number of rotatable bonds is 6. The van der Waals surface area contributed by atoms with Gasteiger partial charge in [-0.2, -0.15) is 0 Å². The van der Waals surface area contributed by atoms with Gasteiger partial charge in [0.1, 0.15) is 0 Å². The average molecular weight is 504 g/mol. The van der Waals surface area contributed by atoms with Crippen molar-refractivity contribution in [3.8, 4) is 55.6 Å². The summed E-state index contributed by atoms with van der Waals surface area (Å²) in [5.41, 5.74) is 11.0. The SMILES string of the molecule is OB(O)c1cccc(-c2cc(-c3cccc(-c4cccnc4)c3)cc(-c3cccc(-c4cccnc4)c3)c2)c1. The van der Waals surface area contributed by atoms with Gasteiger partial charge in [-0.3, -0.25) is 9.97 Å². The van der Waals surface area contributed by atoms with Crippen LogP contribution in [0.2, 0.25) is 0 Å². The predicted octanol–water partition coefficient (Wildman–Crippen LogP) is 6.49. The van der Waals surface area contributed by atoms with E-state index in [4.69, 9.17) is 0 Å². The van der Waals surface area contributed by atoms with Gasteiger partial charge < -0.3 is 10.0 Å². The van der Waals surface area contributed by atoms with Gasteiger partial charge in [0.15, 0.2) is 0 Å². The summed E-state index contributed by atoms with van der Waals surface area (Å²) < 4.78 is 0. The summed E-state index contributed by atoms with van der Waals surface area (Å²) in [5.74, 6) is 0. The first kappa shape index (κ1) is 24.5. The maximum absolute atomic E-state index is 9.78. The molecular weight excluding hydrogens is 479 g/mol. The van der Waals surface area contributed by atoms with Crippen LogP contribution in [0.4, 0.5) is 0 Å². The summed E-state index contributed by atoms with van der Waals surface area (Å²) in [4.78, 5) is 8.56. The summed E-state index contributed by atoms with van der Waals surface area (Å²) in [7, 11) is -1.53. The molecule has 0 unspecified atom stereocenters. The molecule has 0 atom stereocenters. The summed E-state index contributed by atoms with van der Waals surface area (Å²) in [6.07, 6.45) is 7.30. The highest BCUT2D eigenvalue weighted by Gasteiger charge is 2.14. The van der Waals surface area contributed by atoms with Crippen molar-refractivity contribution >= 4 is 12.6 Å². The molecule has 0 radical (unpaired) electrons. The Morgan fingerprint density at radius 1 is 0.385 bits per heavy atom. The largest absolute Gasteiger partial charge is 0.488 e. The molecular formula is C34H25BN2O2. The zero-order valence-electron chi connectivity index (χ0n) is 21.1. The second kappa shape index (κ2) is 10.9. The molecule has 0 fully saturated rings. The fraction of sp³-hybridized carbons (Fsp3) is 0. The van der Waals surface area contributed by atoms with Gasteiger partial charge in [0.05, 0.1) is 0 Å². The maximum Gasteiger partial charge on any atom is 0.488 e. The van der Waals surface area contributed by atoms with Crippen LogP contribution >= 0.6 is 0 Å². The zero-order valence-corrected chi connectivity index (χ0v) is 21.1. The lowest BCUT2D eigenvalue weighted by Crippen LogP contribution is -2.29.